The molecule has 1 heterocycles. The Morgan fingerprint density at radius 3 is 2.55 bits per heavy atom. The first kappa shape index (κ1) is 19.9. The minimum Gasteiger partial charge on any atom is -0.507 e. The van der Waals surface area contributed by atoms with E-state index < -0.39 is 40.9 Å². The molecule has 5 rings (SSSR count). The van der Waals surface area contributed by atoms with Crippen molar-refractivity contribution in [1.82, 2.24) is 0 Å². The molecule has 2 aliphatic carbocycles. The lowest BCUT2D eigenvalue weighted by molar-refractivity contribution is -0.518. The number of rotatable bonds is 3. The first-order valence-electron chi connectivity index (χ1n) is 9.56. The van der Waals surface area contributed by atoms with E-state index in [0.29, 0.717) is 0 Å². The zero-order chi connectivity index (χ0) is 22.1. The van der Waals surface area contributed by atoms with Gasteiger partial charge in [0.05, 0.1) is 29.9 Å². The molecular weight excluding hydrogens is 410 g/mol. The van der Waals surface area contributed by atoms with E-state index in [1.807, 2.05) is 0 Å². The fourth-order valence-corrected chi connectivity index (χ4v) is 4.79. The van der Waals surface area contributed by atoms with Gasteiger partial charge in [-0.15, -0.1) is 0 Å². The van der Waals surface area contributed by atoms with Crippen molar-refractivity contribution in [3.8, 4) is 17.2 Å². The highest BCUT2D eigenvalue weighted by Crippen LogP contribution is 2.54. The molecule has 2 aromatic carbocycles. The minimum absolute atomic E-state index is 0.00184. The quantitative estimate of drug-likeness (QED) is 0.267. The molecule has 3 aliphatic rings. The van der Waals surface area contributed by atoms with Gasteiger partial charge in [0, 0.05) is 29.5 Å². The Bertz CT molecular complexity index is 1140. The van der Waals surface area contributed by atoms with E-state index in [9.17, 15) is 24.9 Å². The summed E-state index contributed by atoms with van der Waals surface area (Å²) in [6.45, 7) is -0.0235. The van der Waals surface area contributed by atoms with Crippen molar-refractivity contribution in [3.63, 3.8) is 0 Å². The summed E-state index contributed by atoms with van der Waals surface area (Å²) in [7, 11) is 1.36. The van der Waals surface area contributed by atoms with Crippen LogP contribution in [0, 0.1) is 0 Å². The second-order valence-electron chi connectivity index (χ2n) is 7.84. The van der Waals surface area contributed by atoms with Crippen molar-refractivity contribution < 1.29 is 44.3 Å². The van der Waals surface area contributed by atoms with Gasteiger partial charge in [0.1, 0.15) is 29.5 Å². The lowest BCUT2D eigenvalue weighted by atomic mass is 9.71. The normalized spacial score (nSPS) is 26.2. The topological polar surface area (TPSA) is 158 Å². The van der Waals surface area contributed by atoms with Crippen LogP contribution < -0.4 is 10.6 Å². The minimum atomic E-state index is -1.30. The zero-order valence-corrected chi connectivity index (χ0v) is 16.4. The number of carbonyl (C=O) groups excluding carboxylic acids is 2. The van der Waals surface area contributed by atoms with Gasteiger partial charge in [-0.05, 0) is 6.07 Å². The molecule has 31 heavy (non-hydrogen) atoms. The number of ketones is 2. The lowest BCUT2D eigenvalue weighted by Crippen LogP contribution is -2.62. The maximum Gasteiger partial charge on any atom is 0.202 e. The number of methoxy groups -OCH3 is 1. The fourth-order valence-electron chi connectivity index (χ4n) is 4.79. The van der Waals surface area contributed by atoms with Crippen molar-refractivity contribution in [2.45, 2.75) is 30.7 Å². The number of hydrogen-bond donors (Lipinski definition) is 4. The second-order valence-corrected chi connectivity index (χ2v) is 7.84. The van der Waals surface area contributed by atoms with E-state index in [-0.39, 0.29) is 58.6 Å². The molecule has 2 aromatic rings. The number of hydrogen-bond acceptors (Lipinski definition) is 10. The predicted octanol–water partition coefficient (Wildman–Crippen LogP) is 0.821. The Hall–Kier alpha value is -3.02. The number of aliphatic hydroxyl groups is 1. The van der Waals surface area contributed by atoms with Gasteiger partial charge in [0.25, 0.3) is 0 Å². The van der Waals surface area contributed by atoms with Crippen LogP contribution in [-0.2, 0) is 21.0 Å². The molecular formula is C21H19NO9. The Labute approximate surface area is 175 Å². The highest BCUT2D eigenvalue weighted by Gasteiger charge is 2.57. The van der Waals surface area contributed by atoms with Crippen molar-refractivity contribution in [1.29, 1.82) is 0 Å². The number of aromatic hydroxyl groups is 2. The van der Waals surface area contributed by atoms with Gasteiger partial charge in [-0.2, -0.15) is 0 Å². The van der Waals surface area contributed by atoms with E-state index in [1.54, 1.807) is 6.07 Å². The summed E-state index contributed by atoms with van der Waals surface area (Å²) in [6, 6.07) is 4.53. The van der Waals surface area contributed by atoms with Crippen LogP contribution >= 0.6 is 0 Å². The average Bonchev–Trinajstić information content (AvgIpc) is 2.76. The van der Waals surface area contributed by atoms with Gasteiger partial charge in [-0.1, -0.05) is 12.1 Å². The molecule has 1 fully saturated rings. The Morgan fingerprint density at radius 2 is 1.90 bits per heavy atom. The summed E-state index contributed by atoms with van der Waals surface area (Å²) in [5.41, 5.74) is -1.62. The molecule has 0 amide bonds. The lowest BCUT2D eigenvalue weighted by Gasteiger charge is -2.50. The van der Waals surface area contributed by atoms with E-state index in [4.69, 9.17) is 20.4 Å². The van der Waals surface area contributed by atoms with Gasteiger partial charge in [-0.3, -0.25) is 9.59 Å². The Morgan fingerprint density at radius 1 is 1.16 bits per heavy atom. The molecule has 3 unspecified atom stereocenters. The van der Waals surface area contributed by atoms with Gasteiger partial charge < -0.3 is 24.9 Å². The number of phenols is 2. The smallest absolute Gasteiger partial charge is 0.202 e. The van der Waals surface area contributed by atoms with Crippen LogP contribution in [0.4, 0.5) is 0 Å². The van der Waals surface area contributed by atoms with E-state index in [1.165, 1.54) is 19.2 Å². The van der Waals surface area contributed by atoms with Crippen molar-refractivity contribution in [2.24, 2.45) is 5.90 Å². The molecule has 0 saturated carbocycles. The molecule has 10 heteroatoms. The molecule has 1 saturated heterocycles. The van der Waals surface area contributed by atoms with Crippen molar-refractivity contribution >= 4 is 11.6 Å². The largest absolute Gasteiger partial charge is 0.507 e. The standard InChI is InChI=1S/C21H19NO9/c1-28-11-4-2-3-8-14(11)20(27)16-15(17(8)24)18(25)9-5-21(12(7-29-22)30-31-21)6-10(23)13(9)19(16)26/h2-4,10,12,23,25-26H,5-7,22H2,1H3. The molecule has 3 atom stereocenters. The van der Waals surface area contributed by atoms with Crippen LogP contribution in [0.15, 0.2) is 18.2 Å². The number of nitrogens with two attached hydrogens (primary N) is 1. The van der Waals surface area contributed by atoms with Gasteiger partial charge >= 0.3 is 0 Å². The number of carbonyl (C=O) groups is 2. The summed E-state index contributed by atoms with van der Waals surface area (Å²) in [5.74, 6) is 2.94. The van der Waals surface area contributed by atoms with Gasteiger partial charge in [0.2, 0.25) is 5.78 Å². The molecule has 0 bridgehead atoms. The van der Waals surface area contributed by atoms with E-state index >= 15 is 0 Å². The summed E-state index contributed by atoms with van der Waals surface area (Å²) in [6.07, 6.45) is -1.92. The predicted molar refractivity (Wildman–Crippen MR) is 102 cm³/mol. The van der Waals surface area contributed by atoms with Crippen LogP contribution in [0.1, 0.15) is 55.5 Å². The van der Waals surface area contributed by atoms with Crippen LogP contribution in [0.5, 0.6) is 17.2 Å². The first-order valence-corrected chi connectivity index (χ1v) is 9.56. The highest BCUT2D eigenvalue weighted by molar-refractivity contribution is 6.31. The summed E-state index contributed by atoms with van der Waals surface area (Å²) in [4.78, 5) is 41.4. The zero-order valence-electron chi connectivity index (χ0n) is 16.4. The second kappa shape index (κ2) is 6.74. The van der Waals surface area contributed by atoms with Gasteiger partial charge in [-0.25, -0.2) is 15.7 Å². The molecule has 10 nitrogen and oxygen atoms in total. The van der Waals surface area contributed by atoms with E-state index in [0.717, 1.165) is 0 Å². The third-order valence-electron chi connectivity index (χ3n) is 6.27. The van der Waals surface area contributed by atoms with Gasteiger partial charge in [0.15, 0.2) is 11.9 Å². The number of ether oxygens (including phenoxy) is 1. The number of aliphatic hydroxyl groups excluding tert-OH is 1. The van der Waals surface area contributed by atoms with Crippen LogP contribution in [-0.4, -0.2) is 52.3 Å². The van der Waals surface area contributed by atoms with E-state index in [2.05, 4.69) is 4.84 Å². The Balaban J connectivity index is 1.71. The summed E-state index contributed by atoms with van der Waals surface area (Å²) in [5, 5.41) is 32.8. The van der Waals surface area contributed by atoms with Crippen LogP contribution in [0.2, 0.25) is 0 Å². The maximum atomic E-state index is 13.3. The fraction of sp³-hybridized carbons (Fsp3) is 0.333. The third-order valence-corrected chi connectivity index (χ3v) is 6.27. The van der Waals surface area contributed by atoms with Crippen LogP contribution in [0.3, 0.4) is 0 Å². The molecule has 0 radical (unpaired) electrons. The molecule has 5 N–H and O–H groups in total. The monoisotopic (exact) mass is 429 g/mol. The maximum absolute atomic E-state index is 13.3. The number of phenolic OH excluding ortho intramolecular Hbond substituents is 2. The number of benzene rings is 2. The molecule has 1 spiro atoms. The first-order chi connectivity index (χ1) is 14.8. The van der Waals surface area contributed by atoms with Crippen LogP contribution in [0.25, 0.3) is 0 Å². The third kappa shape index (κ3) is 2.51. The highest BCUT2D eigenvalue weighted by atomic mass is 17.3. The number of fused-ring (bicyclic) bond motifs is 3. The van der Waals surface area contributed by atoms with Crippen molar-refractivity contribution in [2.75, 3.05) is 13.7 Å². The molecule has 162 valence electrons. The SMILES string of the molecule is COc1cccc2c1C(=O)c1c(O)c3c(c(O)c1C2=O)CC1(CC3O)OOC1CON. The van der Waals surface area contributed by atoms with Crippen molar-refractivity contribution in [3.05, 3.63) is 51.6 Å². The summed E-state index contributed by atoms with van der Waals surface area (Å²) < 4.78 is 5.22. The summed E-state index contributed by atoms with van der Waals surface area (Å²) >= 11 is 0. The Kier molecular flexibility index (Phi) is 4.33. The molecule has 1 aliphatic heterocycles. The molecule has 0 aromatic heterocycles. The average molecular weight is 429 g/mol.